The molecule has 0 unspecified atom stereocenters. The minimum absolute atomic E-state index is 2.53. The number of hydrogen-bond donors (Lipinski definition) is 0. The van der Waals surface area contributed by atoms with Crippen LogP contribution in [-0.4, -0.2) is 42.5 Å². The third-order valence-electron chi connectivity index (χ3n) is 3.06. The summed E-state index contributed by atoms with van der Waals surface area (Å²) in [5.74, 6) is -23.2. The van der Waals surface area contributed by atoms with Gasteiger partial charge in [0, 0.05) is 0 Å². The van der Waals surface area contributed by atoms with Crippen molar-refractivity contribution in [2.45, 2.75) is 42.5 Å². The molecule has 0 N–H and O–H groups in total. The van der Waals surface area contributed by atoms with Crippen LogP contribution in [0.4, 0.5) is 79.0 Å². The van der Waals surface area contributed by atoms with Gasteiger partial charge in [-0.15, -0.1) is 0 Å². The Labute approximate surface area is 140 Å². The van der Waals surface area contributed by atoms with Crippen LogP contribution < -0.4 is 0 Å². The zero-order chi connectivity index (χ0) is 23.4. The fourth-order valence-corrected chi connectivity index (χ4v) is 1.56. The van der Waals surface area contributed by atoms with Gasteiger partial charge in [0.15, 0.2) is 0 Å². The highest BCUT2D eigenvalue weighted by Crippen LogP contribution is 2.66. The molecule has 168 valence electrons. The Morgan fingerprint density at radius 1 is 0.321 bits per heavy atom. The lowest BCUT2D eigenvalue weighted by Gasteiger charge is -2.43. The first-order valence-corrected chi connectivity index (χ1v) is 5.81. The normalized spacial score (nSPS) is 16.8. The van der Waals surface area contributed by atoms with Gasteiger partial charge in [0.1, 0.15) is 0 Å². The van der Waals surface area contributed by atoms with Gasteiger partial charge in [0.05, 0.1) is 0 Å². The molecule has 0 aliphatic carbocycles. The monoisotopic (exact) mass is 464 g/mol. The number of allylic oxidation sites excluding steroid dienone is 2. The average Bonchev–Trinajstić information content (AvgIpc) is 2.31. The van der Waals surface area contributed by atoms with Crippen LogP contribution in [-0.2, 0) is 0 Å². The van der Waals surface area contributed by atoms with Gasteiger partial charge >= 0.3 is 42.5 Å². The van der Waals surface area contributed by atoms with E-state index in [0.717, 1.165) is 0 Å². The molecule has 0 saturated carbocycles. The zero-order valence-electron chi connectivity index (χ0n) is 12.0. The molecule has 18 heteroatoms. The maximum Gasteiger partial charge on any atom is 0.459 e. The minimum atomic E-state index is -8.34. The van der Waals surface area contributed by atoms with Crippen LogP contribution in [0, 0.1) is 5.41 Å². The van der Waals surface area contributed by atoms with Crippen LogP contribution in [0.5, 0.6) is 0 Å². The molecule has 0 saturated heterocycles. The van der Waals surface area contributed by atoms with Gasteiger partial charge in [0.2, 0.25) is 5.41 Å². The van der Waals surface area contributed by atoms with Crippen molar-refractivity contribution in [1.82, 2.24) is 0 Å². The van der Waals surface area contributed by atoms with Crippen molar-refractivity contribution in [3.63, 3.8) is 0 Å². The summed E-state index contributed by atoms with van der Waals surface area (Å²) >= 11 is 0. The maximum atomic E-state index is 13.4. The van der Waals surface area contributed by atoms with Crippen molar-refractivity contribution in [2.24, 2.45) is 5.41 Å². The van der Waals surface area contributed by atoms with Crippen LogP contribution in [0.3, 0.4) is 0 Å². The Morgan fingerprint density at radius 3 is 0.857 bits per heavy atom. The molecule has 0 rings (SSSR count). The summed E-state index contributed by atoms with van der Waals surface area (Å²) in [7, 11) is 0. The van der Waals surface area contributed by atoms with Crippen molar-refractivity contribution < 1.29 is 79.0 Å². The van der Waals surface area contributed by atoms with Crippen LogP contribution in [0.1, 0.15) is 0 Å². The van der Waals surface area contributed by atoms with Crippen molar-refractivity contribution >= 4 is 0 Å². The molecule has 0 spiro atoms. The lowest BCUT2D eigenvalue weighted by Crippen LogP contribution is -2.69. The van der Waals surface area contributed by atoms with E-state index in [2.05, 4.69) is 0 Å². The summed E-state index contributed by atoms with van der Waals surface area (Å²) in [6, 6.07) is 0. The summed E-state index contributed by atoms with van der Waals surface area (Å²) in [4.78, 5) is 0. The van der Waals surface area contributed by atoms with E-state index in [-0.39, 0.29) is 0 Å². The van der Waals surface area contributed by atoms with Crippen LogP contribution in [0.25, 0.3) is 0 Å². The van der Waals surface area contributed by atoms with Crippen molar-refractivity contribution in [1.29, 1.82) is 0 Å². The Morgan fingerprint density at radius 2 is 0.643 bits per heavy atom. The fourth-order valence-electron chi connectivity index (χ4n) is 1.56. The summed E-state index contributed by atoms with van der Waals surface area (Å²) in [6.07, 6.45) is -36.0. The van der Waals surface area contributed by atoms with Crippen molar-refractivity contribution in [3.05, 3.63) is 12.2 Å². The lowest BCUT2D eigenvalue weighted by molar-refractivity contribution is -0.446. The molecule has 0 fully saturated rings. The van der Waals surface area contributed by atoms with E-state index in [1.807, 2.05) is 0 Å². The first-order chi connectivity index (χ1) is 11.7. The second-order valence-electron chi connectivity index (χ2n) is 4.90. The first kappa shape index (κ1) is 26.5. The largest absolute Gasteiger partial charge is 0.459 e. The summed E-state index contributed by atoms with van der Waals surface area (Å²) in [6.45, 7) is 0. The maximum absolute atomic E-state index is 13.4. The van der Waals surface area contributed by atoms with Gasteiger partial charge in [-0.05, 0) is 6.08 Å². The molecule has 0 radical (unpaired) electrons. The Hall–Kier alpha value is -1.52. The van der Waals surface area contributed by atoms with E-state index in [1.165, 1.54) is 0 Å². The summed E-state index contributed by atoms with van der Waals surface area (Å²) < 4.78 is 225. The molecule has 0 amide bonds. The second-order valence-corrected chi connectivity index (χ2v) is 4.90. The molecule has 0 aliphatic heterocycles. The molecule has 0 aromatic rings. The topological polar surface area (TPSA) is 0 Å². The number of alkyl halides is 18. The molecule has 0 heterocycles. The van der Waals surface area contributed by atoms with E-state index >= 15 is 0 Å². The number of rotatable bonds is 4. The van der Waals surface area contributed by atoms with E-state index in [4.69, 9.17) is 0 Å². The van der Waals surface area contributed by atoms with E-state index in [0.29, 0.717) is 0 Å². The van der Waals surface area contributed by atoms with E-state index < -0.39 is 60.0 Å². The highest BCUT2D eigenvalue weighted by molar-refractivity contribution is 5.22. The van der Waals surface area contributed by atoms with E-state index in [9.17, 15) is 79.0 Å². The molecule has 0 aromatic carbocycles. The Bertz CT molecular complexity index is 563. The fraction of sp³-hybridized carbons (Fsp3) is 0.800. The summed E-state index contributed by atoms with van der Waals surface area (Å²) in [5.41, 5.74) is -7.78. The minimum Gasteiger partial charge on any atom is -0.198 e. The molecular formula is C10H2F18. The van der Waals surface area contributed by atoms with E-state index in [1.54, 1.807) is 0 Å². The van der Waals surface area contributed by atoms with Gasteiger partial charge in [0.25, 0.3) is 0 Å². The Balaban J connectivity index is 7.23. The quantitative estimate of drug-likeness (QED) is 0.322. The second kappa shape index (κ2) is 6.50. The standard InChI is InChI=1S/C10H2F18/c11-4(12,9(23,24)25)2-1-3(7(17,18)19,8(20,21)22)5(13,14)6(15,16)10(26,27)28/h1-2H. The molecular weight excluding hydrogens is 462 g/mol. The van der Waals surface area contributed by atoms with Crippen molar-refractivity contribution in [3.8, 4) is 0 Å². The number of hydrogen-bond acceptors (Lipinski definition) is 0. The molecule has 0 nitrogen and oxygen atoms in total. The average molecular weight is 464 g/mol. The van der Waals surface area contributed by atoms with Crippen LogP contribution in [0.2, 0.25) is 0 Å². The third-order valence-corrected chi connectivity index (χ3v) is 3.06. The molecule has 0 aromatic heterocycles. The zero-order valence-corrected chi connectivity index (χ0v) is 12.0. The van der Waals surface area contributed by atoms with Crippen LogP contribution >= 0.6 is 0 Å². The predicted molar refractivity (Wildman–Crippen MR) is 50.6 cm³/mol. The SMILES string of the molecule is FC(F)(F)C(F)(F)C=CC(C(F)(F)F)(C(F)(F)F)C(F)(F)C(F)(F)C(F)(F)F. The molecule has 0 atom stereocenters. The highest BCUT2D eigenvalue weighted by atomic mass is 19.4. The van der Waals surface area contributed by atoms with Gasteiger partial charge in [-0.25, -0.2) is 0 Å². The van der Waals surface area contributed by atoms with Gasteiger partial charge < -0.3 is 0 Å². The number of halogens is 18. The van der Waals surface area contributed by atoms with Crippen molar-refractivity contribution in [2.75, 3.05) is 0 Å². The third kappa shape index (κ3) is 3.81. The molecule has 0 aliphatic rings. The highest BCUT2D eigenvalue weighted by Gasteiger charge is 2.91. The molecule has 28 heavy (non-hydrogen) atoms. The predicted octanol–water partition coefficient (Wildman–Crippen LogP) is 6.68. The van der Waals surface area contributed by atoms with Gasteiger partial charge in [-0.2, -0.15) is 79.0 Å². The molecule has 0 bridgehead atoms. The smallest absolute Gasteiger partial charge is 0.198 e. The summed E-state index contributed by atoms with van der Waals surface area (Å²) in [5, 5.41) is 0. The van der Waals surface area contributed by atoms with Gasteiger partial charge in [-0.1, -0.05) is 6.08 Å². The first-order valence-electron chi connectivity index (χ1n) is 5.81. The van der Waals surface area contributed by atoms with Gasteiger partial charge in [-0.3, -0.25) is 0 Å². The van der Waals surface area contributed by atoms with Crippen LogP contribution in [0.15, 0.2) is 12.2 Å². The lowest BCUT2D eigenvalue weighted by atomic mass is 9.75. The Kier molecular flexibility index (Phi) is 6.14.